The minimum atomic E-state index is 0.466. The first kappa shape index (κ1) is 12.4. The zero-order valence-electron chi connectivity index (χ0n) is 10.6. The Kier molecular flexibility index (Phi) is 4.17. The van der Waals surface area contributed by atoms with Crippen molar-refractivity contribution < 1.29 is 4.52 Å². The van der Waals surface area contributed by atoms with Crippen LogP contribution < -0.4 is 5.32 Å². The van der Waals surface area contributed by atoms with E-state index < -0.39 is 0 Å². The predicted molar refractivity (Wildman–Crippen MR) is 71.5 cm³/mol. The summed E-state index contributed by atoms with van der Waals surface area (Å²) in [4.78, 5) is 6.94. The fourth-order valence-electron chi connectivity index (χ4n) is 2.50. The van der Waals surface area contributed by atoms with Gasteiger partial charge in [0, 0.05) is 13.1 Å². The molecule has 1 aromatic heterocycles. The van der Waals surface area contributed by atoms with Crippen molar-refractivity contribution in [3.8, 4) is 0 Å². The molecule has 0 amide bonds. The first-order valence-electron chi connectivity index (χ1n) is 6.79. The maximum atomic E-state index is 5.38. The molecule has 0 saturated carbocycles. The second kappa shape index (κ2) is 6.04. The molecule has 0 bridgehead atoms. The van der Waals surface area contributed by atoms with Gasteiger partial charge in [-0.2, -0.15) is 16.7 Å². The largest absolute Gasteiger partial charge is 0.338 e. The van der Waals surface area contributed by atoms with Gasteiger partial charge in [0.1, 0.15) is 0 Å². The Morgan fingerprint density at radius 3 is 3.22 bits per heavy atom. The van der Waals surface area contributed by atoms with E-state index in [-0.39, 0.29) is 0 Å². The van der Waals surface area contributed by atoms with Crippen molar-refractivity contribution in [3.63, 3.8) is 0 Å². The minimum absolute atomic E-state index is 0.466. The molecule has 2 fully saturated rings. The lowest BCUT2D eigenvalue weighted by atomic mass is 10.2. The maximum absolute atomic E-state index is 5.38. The highest BCUT2D eigenvalue weighted by Gasteiger charge is 2.23. The number of thioether (sulfide) groups is 1. The Labute approximate surface area is 112 Å². The van der Waals surface area contributed by atoms with Crippen LogP contribution in [0, 0.1) is 0 Å². The highest BCUT2D eigenvalue weighted by molar-refractivity contribution is 7.99. The second-order valence-electron chi connectivity index (χ2n) is 4.93. The van der Waals surface area contributed by atoms with Gasteiger partial charge in [-0.1, -0.05) is 5.16 Å². The third kappa shape index (κ3) is 3.05. The number of nitrogens with one attached hydrogen (secondary N) is 1. The average molecular weight is 268 g/mol. The van der Waals surface area contributed by atoms with Gasteiger partial charge in [-0.05, 0) is 38.1 Å². The van der Waals surface area contributed by atoms with E-state index in [1.54, 1.807) is 0 Å². The monoisotopic (exact) mass is 268 g/mol. The molecule has 2 saturated heterocycles. The van der Waals surface area contributed by atoms with E-state index in [1.807, 2.05) is 11.8 Å². The quantitative estimate of drug-likeness (QED) is 0.895. The van der Waals surface area contributed by atoms with Crippen molar-refractivity contribution >= 4 is 11.8 Å². The lowest BCUT2D eigenvalue weighted by Crippen LogP contribution is -2.27. The normalized spacial score (nSPS) is 26.3. The molecule has 100 valence electrons. The van der Waals surface area contributed by atoms with Crippen LogP contribution in [0.1, 0.15) is 36.2 Å². The van der Waals surface area contributed by atoms with E-state index in [9.17, 15) is 0 Å². The summed E-state index contributed by atoms with van der Waals surface area (Å²) in [5.74, 6) is 2.91. The molecule has 5 nitrogen and oxygen atoms in total. The van der Waals surface area contributed by atoms with Gasteiger partial charge < -0.3 is 9.84 Å². The van der Waals surface area contributed by atoms with Gasteiger partial charge in [-0.15, -0.1) is 0 Å². The summed E-state index contributed by atoms with van der Waals surface area (Å²) in [5.41, 5.74) is 0. The Bertz CT molecular complexity index is 370. The molecule has 0 spiro atoms. The molecule has 0 aliphatic carbocycles. The van der Waals surface area contributed by atoms with Crippen molar-refractivity contribution in [1.82, 2.24) is 20.4 Å². The standard InChI is InChI=1S/C12H20N4OS/c1-3-10(18-8-1)12-14-11(17-15-12)9-16-6-2-4-13-5-7-16/h10,13H,1-9H2. The van der Waals surface area contributed by atoms with Gasteiger partial charge in [-0.25, -0.2) is 0 Å². The topological polar surface area (TPSA) is 54.2 Å². The van der Waals surface area contributed by atoms with Gasteiger partial charge in [0.2, 0.25) is 5.89 Å². The van der Waals surface area contributed by atoms with Crippen LogP contribution in [0.2, 0.25) is 0 Å². The van der Waals surface area contributed by atoms with E-state index in [4.69, 9.17) is 4.52 Å². The number of aromatic nitrogens is 2. The molecule has 1 atom stereocenters. The van der Waals surface area contributed by atoms with Crippen LogP contribution in [-0.2, 0) is 6.54 Å². The van der Waals surface area contributed by atoms with Crippen molar-refractivity contribution in [1.29, 1.82) is 0 Å². The molecule has 18 heavy (non-hydrogen) atoms. The fourth-order valence-corrected chi connectivity index (χ4v) is 3.69. The number of nitrogens with zero attached hydrogens (tertiary/aromatic N) is 3. The number of hydrogen-bond acceptors (Lipinski definition) is 6. The molecule has 1 unspecified atom stereocenters. The van der Waals surface area contributed by atoms with E-state index >= 15 is 0 Å². The molecule has 0 aromatic carbocycles. The lowest BCUT2D eigenvalue weighted by molar-refractivity contribution is 0.238. The first-order chi connectivity index (χ1) is 8.92. The Morgan fingerprint density at radius 2 is 2.33 bits per heavy atom. The van der Waals surface area contributed by atoms with Crippen LogP contribution in [0.15, 0.2) is 4.52 Å². The second-order valence-corrected chi connectivity index (χ2v) is 6.24. The molecule has 2 aliphatic rings. The zero-order chi connectivity index (χ0) is 12.2. The summed E-state index contributed by atoms with van der Waals surface area (Å²) in [6.45, 7) is 5.15. The van der Waals surface area contributed by atoms with Gasteiger partial charge in [0.15, 0.2) is 5.82 Å². The van der Waals surface area contributed by atoms with Crippen molar-refractivity contribution in [2.45, 2.75) is 31.1 Å². The Morgan fingerprint density at radius 1 is 1.33 bits per heavy atom. The van der Waals surface area contributed by atoms with Crippen molar-refractivity contribution in [2.75, 3.05) is 31.9 Å². The van der Waals surface area contributed by atoms with E-state index in [2.05, 4.69) is 20.4 Å². The van der Waals surface area contributed by atoms with Crippen LogP contribution in [0.3, 0.4) is 0 Å². The molecule has 2 aliphatic heterocycles. The molecule has 1 N–H and O–H groups in total. The molecule has 0 radical (unpaired) electrons. The van der Waals surface area contributed by atoms with E-state index in [1.165, 1.54) is 25.0 Å². The minimum Gasteiger partial charge on any atom is -0.338 e. The molecule has 3 rings (SSSR count). The third-order valence-electron chi connectivity index (χ3n) is 3.49. The molecule has 1 aromatic rings. The highest BCUT2D eigenvalue weighted by atomic mass is 32.2. The SMILES string of the molecule is C1CSC(c2noc(CN3CCCNCC3)n2)C1. The number of hydrogen-bond donors (Lipinski definition) is 1. The molecular weight excluding hydrogens is 248 g/mol. The van der Waals surface area contributed by atoms with Crippen LogP contribution >= 0.6 is 11.8 Å². The lowest BCUT2D eigenvalue weighted by Gasteiger charge is -2.16. The van der Waals surface area contributed by atoms with E-state index in [0.717, 1.165) is 44.4 Å². The Balaban J connectivity index is 1.58. The molecule has 6 heteroatoms. The summed E-state index contributed by atoms with van der Waals surface area (Å²) in [5, 5.41) is 8.01. The molecule has 3 heterocycles. The summed E-state index contributed by atoms with van der Waals surface area (Å²) in [6.07, 6.45) is 3.66. The summed E-state index contributed by atoms with van der Waals surface area (Å²) in [6, 6.07) is 0. The van der Waals surface area contributed by atoms with Gasteiger partial charge in [0.25, 0.3) is 0 Å². The first-order valence-corrected chi connectivity index (χ1v) is 7.84. The fraction of sp³-hybridized carbons (Fsp3) is 0.833. The van der Waals surface area contributed by atoms with Crippen LogP contribution in [0.5, 0.6) is 0 Å². The maximum Gasteiger partial charge on any atom is 0.240 e. The van der Waals surface area contributed by atoms with Crippen LogP contribution in [-0.4, -0.2) is 47.0 Å². The van der Waals surface area contributed by atoms with Gasteiger partial charge in [0.05, 0.1) is 11.8 Å². The summed E-state index contributed by atoms with van der Waals surface area (Å²) < 4.78 is 5.38. The smallest absolute Gasteiger partial charge is 0.240 e. The third-order valence-corrected chi connectivity index (χ3v) is 4.87. The zero-order valence-corrected chi connectivity index (χ0v) is 11.4. The van der Waals surface area contributed by atoms with Gasteiger partial charge in [-0.3, -0.25) is 4.90 Å². The van der Waals surface area contributed by atoms with Crippen LogP contribution in [0.4, 0.5) is 0 Å². The van der Waals surface area contributed by atoms with Crippen molar-refractivity contribution in [3.05, 3.63) is 11.7 Å². The average Bonchev–Trinajstić information content (AvgIpc) is 2.98. The van der Waals surface area contributed by atoms with Crippen LogP contribution in [0.25, 0.3) is 0 Å². The van der Waals surface area contributed by atoms with E-state index in [0.29, 0.717) is 5.25 Å². The van der Waals surface area contributed by atoms with Gasteiger partial charge >= 0.3 is 0 Å². The Hall–Kier alpha value is -0.590. The predicted octanol–water partition coefficient (Wildman–Crippen LogP) is 1.43. The summed E-state index contributed by atoms with van der Waals surface area (Å²) >= 11 is 1.95. The molecular formula is C12H20N4OS. The van der Waals surface area contributed by atoms with Crippen molar-refractivity contribution in [2.24, 2.45) is 0 Å². The highest BCUT2D eigenvalue weighted by Crippen LogP contribution is 2.38. The number of rotatable bonds is 3. The summed E-state index contributed by atoms with van der Waals surface area (Å²) in [7, 11) is 0.